The van der Waals surface area contributed by atoms with Crippen LogP contribution in [0, 0.1) is 5.92 Å². The number of anilines is 1. The van der Waals surface area contributed by atoms with Gasteiger partial charge in [-0.1, -0.05) is 6.92 Å². The molecule has 0 bridgehead atoms. The van der Waals surface area contributed by atoms with Gasteiger partial charge in [-0.2, -0.15) is 0 Å². The van der Waals surface area contributed by atoms with Crippen molar-refractivity contribution in [3.8, 4) is 0 Å². The third-order valence-electron chi connectivity index (χ3n) is 2.60. The van der Waals surface area contributed by atoms with Crippen LogP contribution in [-0.2, 0) is 0 Å². The van der Waals surface area contributed by atoms with Crippen LogP contribution in [0.4, 0.5) is 5.82 Å². The Morgan fingerprint density at radius 3 is 3.14 bits per heavy atom. The van der Waals surface area contributed by atoms with Gasteiger partial charge < -0.3 is 4.90 Å². The molecule has 0 saturated carbocycles. The summed E-state index contributed by atoms with van der Waals surface area (Å²) in [5.41, 5.74) is 0. The van der Waals surface area contributed by atoms with Crippen molar-refractivity contribution >= 4 is 21.7 Å². The Labute approximate surface area is 92.7 Å². The number of hydrogen-bond acceptors (Lipinski definition) is 3. The summed E-state index contributed by atoms with van der Waals surface area (Å²) in [5, 5.41) is 0. The molecule has 76 valence electrons. The zero-order chi connectivity index (χ0) is 9.97. The summed E-state index contributed by atoms with van der Waals surface area (Å²) in [5.74, 6) is 1.80. The van der Waals surface area contributed by atoms with Crippen molar-refractivity contribution in [2.75, 3.05) is 18.0 Å². The zero-order valence-electron chi connectivity index (χ0n) is 8.28. The third kappa shape index (κ3) is 2.05. The Bertz CT molecular complexity index is 316. The fourth-order valence-electron chi connectivity index (χ4n) is 1.92. The smallest absolute Gasteiger partial charge is 0.146 e. The lowest BCUT2D eigenvalue weighted by Crippen LogP contribution is -2.35. The molecular weight excluding hydrogens is 242 g/mol. The van der Waals surface area contributed by atoms with Crippen LogP contribution in [0.25, 0.3) is 0 Å². The van der Waals surface area contributed by atoms with E-state index in [1.54, 1.807) is 6.33 Å². The van der Waals surface area contributed by atoms with Crippen molar-refractivity contribution in [1.29, 1.82) is 0 Å². The summed E-state index contributed by atoms with van der Waals surface area (Å²) >= 11 is 3.49. The van der Waals surface area contributed by atoms with Crippen LogP contribution < -0.4 is 4.90 Å². The number of halogens is 1. The van der Waals surface area contributed by atoms with Crippen molar-refractivity contribution in [3.63, 3.8) is 0 Å². The average Bonchev–Trinajstić information content (AvgIpc) is 2.18. The average molecular weight is 256 g/mol. The SMILES string of the molecule is CC1CCCN(c2ncncc2Br)C1. The second kappa shape index (κ2) is 4.26. The first-order valence-corrected chi connectivity index (χ1v) is 5.77. The van der Waals surface area contributed by atoms with Crippen molar-refractivity contribution in [2.24, 2.45) is 5.92 Å². The van der Waals surface area contributed by atoms with E-state index in [-0.39, 0.29) is 0 Å². The van der Waals surface area contributed by atoms with E-state index in [4.69, 9.17) is 0 Å². The van der Waals surface area contributed by atoms with Crippen LogP contribution in [-0.4, -0.2) is 23.1 Å². The molecule has 1 aliphatic heterocycles. The number of rotatable bonds is 1. The molecule has 0 radical (unpaired) electrons. The molecule has 4 heteroatoms. The lowest BCUT2D eigenvalue weighted by Gasteiger charge is -2.32. The monoisotopic (exact) mass is 255 g/mol. The van der Waals surface area contributed by atoms with E-state index < -0.39 is 0 Å². The number of nitrogens with zero attached hydrogens (tertiary/aromatic N) is 3. The highest BCUT2D eigenvalue weighted by molar-refractivity contribution is 9.10. The van der Waals surface area contributed by atoms with Gasteiger partial charge in [0.15, 0.2) is 0 Å². The molecule has 1 aliphatic rings. The maximum atomic E-state index is 4.30. The molecular formula is C10H14BrN3. The van der Waals surface area contributed by atoms with Crippen molar-refractivity contribution in [1.82, 2.24) is 9.97 Å². The fourth-order valence-corrected chi connectivity index (χ4v) is 2.39. The van der Waals surface area contributed by atoms with E-state index in [0.717, 1.165) is 29.3 Å². The summed E-state index contributed by atoms with van der Waals surface area (Å²) in [7, 11) is 0. The standard InChI is InChI=1S/C10H14BrN3/c1-8-3-2-4-14(6-8)10-9(11)5-12-7-13-10/h5,7-8H,2-4,6H2,1H3. The van der Waals surface area contributed by atoms with Crippen LogP contribution in [0.15, 0.2) is 17.0 Å². The molecule has 1 unspecified atom stereocenters. The minimum Gasteiger partial charge on any atom is -0.355 e. The van der Waals surface area contributed by atoms with Gasteiger partial charge in [-0.15, -0.1) is 0 Å². The van der Waals surface area contributed by atoms with E-state index in [1.807, 2.05) is 6.20 Å². The zero-order valence-corrected chi connectivity index (χ0v) is 9.87. The van der Waals surface area contributed by atoms with Gasteiger partial charge in [0.25, 0.3) is 0 Å². The first-order chi connectivity index (χ1) is 6.77. The number of piperidine rings is 1. The molecule has 3 nitrogen and oxygen atoms in total. The van der Waals surface area contributed by atoms with E-state index in [1.165, 1.54) is 12.8 Å². The molecule has 2 heterocycles. The molecule has 1 aromatic rings. The van der Waals surface area contributed by atoms with E-state index >= 15 is 0 Å². The Kier molecular flexibility index (Phi) is 3.01. The fraction of sp³-hybridized carbons (Fsp3) is 0.600. The minimum atomic E-state index is 0.769. The van der Waals surface area contributed by atoms with Crippen molar-refractivity contribution in [2.45, 2.75) is 19.8 Å². The summed E-state index contributed by atoms with van der Waals surface area (Å²) in [6.45, 7) is 4.51. The van der Waals surface area contributed by atoms with Gasteiger partial charge in [-0.25, -0.2) is 9.97 Å². The molecule has 14 heavy (non-hydrogen) atoms. The highest BCUT2D eigenvalue weighted by atomic mass is 79.9. The van der Waals surface area contributed by atoms with Crippen molar-refractivity contribution in [3.05, 3.63) is 17.0 Å². The molecule has 0 aromatic carbocycles. The molecule has 1 saturated heterocycles. The van der Waals surface area contributed by atoms with Crippen LogP contribution in [0.1, 0.15) is 19.8 Å². The maximum Gasteiger partial charge on any atom is 0.146 e. The lowest BCUT2D eigenvalue weighted by molar-refractivity contribution is 0.444. The van der Waals surface area contributed by atoms with E-state index in [0.29, 0.717) is 0 Å². The molecule has 0 aliphatic carbocycles. The van der Waals surface area contributed by atoms with Crippen LogP contribution in [0.2, 0.25) is 0 Å². The second-order valence-electron chi connectivity index (χ2n) is 3.89. The number of hydrogen-bond donors (Lipinski definition) is 0. The Hall–Kier alpha value is -0.640. The van der Waals surface area contributed by atoms with Gasteiger partial charge in [-0.3, -0.25) is 0 Å². The molecule has 1 fully saturated rings. The van der Waals surface area contributed by atoms with E-state index in [2.05, 4.69) is 37.7 Å². The molecule has 0 amide bonds. The summed E-state index contributed by atoms with van der Waals surface area (Å²) in [6.07, 6.45) is 6.01. The topological polar surface area (TPSA) is 29.0 Å². The van der Waals surface area contributed by atoms with Crippen molar-refractivity contribution < 1.29 is 0 Å². The molecule has 0 N–H and O–H groups in total. The number of aromatic nitrogens is 2. The Morgan fingerprint density at radius 1 is 1.57 bits per heavy atom. The van der Waals surface area contributed by atoms with Gasteiger partial charge in [0.2, 0.25) is 0 Å². The first kappa shape index (κ1) is 9.90. The highest BCUT2D eigenvalue weighted by Gasteiger charge is 2.18. The van der Waals surface area contributed by atoms with Crippen LogP contribution >= 0.6 is 15.9 Å². The maximum absolute atomic E-state index is 4.30. The lowest BCUT2D eigenvalue weighted by atomic mass is 10.0. The molecule has 0 spiro atoms. The first-order valence-electron chi connectivity index (χ1n) is 4.98. The molecule has 2 rings (SSSR count). The third-order valence-corrected chi connectivity index (χ3v) is 3.16. The quantitative estimate of drug-likeness (QED) is 0.772. The second-order valence-corrected chi connectivity index (χ2v) is 4.74. The highest BCUT2D eigenvalue weighted by Crippen LogP contribution is 2.26. The van der Waals surface area contributed by atoms with Gasteiger partial charge in [0, 0.05) is 19.3 Å². The predicted octanol–water partition coefficient (Wildman–Crippen LogP) is 2.48. The summed E-state index contributed by atoms with van der Waals surface area (Å²) < 4.78 is 0.995. The summed E-state index contributed by atoms with van der Waals surface area (Å²) in [4.78, 5) is 10.6. The predicted molar refractivity (Wildman–Crippen MR) is 60.3 cm³/mol. The van der Waals surface area contributed by atoms with Gasteiger partial charge in [0.1, 0.15) is 12.1 Å². The van der Waals surface area contributed by atoms with Crippen LogP contribution in [0.5, 0.6) is 0 Å². The normalized spacial score (nSPS) is 22.4. The Morgan fingerprint density at radius 2 is 2.43 bits per heavy atom. The van der Waals surface area contributed by atoms with Gasteiger partial charge in [-0.05, 0) is 34.7 Å². The summed E-state index contributed by atoms with van der Waals surface area (Å²) in [6, 6.07) is 0. The van der Waals surface area contributed by atoms with Crippen LogP contribution in [0.3, 0.4) is 0 Å². The van der Waals surface area contributed by atoms with Gasteiger partial charge in [0.05, 0.1) is 4.47 Å². The Balaban J connectivity index is 2.18. The van der Waals surface area contributed by atoms with E-state index in [9.17, 15) is 0 Å². The molecule has 1 atom stereocenters. The van der Waals surface area contributed by atoms with Gasteiger partial charge >= 0.3 is 0 Å². The minimum absolute atomic E-state index is 0.769. The largest absolute Gasteiger partial charge is 0.355 e. The molecule has 1 aromatic heterocycles.